The molecule has 1 unspecified atom stereocenters. The van der Waals surface area contributed by atoms with Crippen LogP contribution in [0.4, 0.5) is 0 Å². The maximum Gasteiger partial charge on any atom is 0.241 e. The highest BCUT2D eigenvalue weighted by Crippen LogP contribution is 2.19. The molecule has 0 radical (unpaired) electrons. The molecule has 0 spiro atoms. The van der Waals surface area contributed by atoms with Crippen LogP contribution >= 0.6 is 11.3 Å². The molecule has 1 aromatic heterocycles. The molecule has 0 saturated carbocycles. The molecule has 5 nitrogen and oxygen atoms in total. The summed E-state index contributed by atoms with van der Waals surface area (Å²) in [4.78, 5) is 0.825. The Morgan fingerprint density at radius 2 is 2.29 bits per heavy atom. The van der Waals surface area contributed by atoms with Crippen molar-refractivity contribution in [3.05, 3.63) is 16.3 Å². The predicted octanol–water partition coefficient (Wildman–Crippen LogP) is 0.944. The average Bonchev–Trinajstić information content (AvgIpc) is 2.77. The van der Waals surface area contributed by atoms with Crippen LogP contribution < -0.4 is 4.72 Å². The minimum absolute atomic E-state index is 0.143. The van der Waals surface area contributed by atoms with Crippen LogP contribution in [0.5, 0.6) is 0 Å². The Kier molecular flexibility index (Phi) is 5.54. The second kappa shape index (κ2) is 6.46. The molecule has 0 aromatic carbocycles. The van der Waals surface area contributed by atoms with Crippen molar-refractivity contribution in [3.63, 3.8) is 0 Å². The highest BCUT2D eigenvalue weighted by atomic mass is 32.2. The summed E-state index contributed by atoms with van der Waals surface area (Å²) in [6.45, 7) is 2.08. The Bertz CT molecular complexity index is 441. The van der Waals surface area contributed by atoms with E-state index in [0.29, 0.717) is 17.9 Å². The number of aliphatic hydroxyl groups is 1. The van der Waals surface area contributed by atoms with Gasteiger partial charge in [-0.05, 0) is 12.5 Å². The van der Waals surface area contributed by atoms with Crippen LogP contribution in [0.1, 0.15) is 18.2 Å². The number of hydrogen-bond donors (Lipinski definition) is 2. The van der Waals surface area contributed by atoms with Gasteiger partial charge >= 0.3 is 0 Å². The topological polar surface area (TPSA) is 75.6 Å². The monoisotopic (exact) mass is 279 g/mol. The number of hydrogen-bond acceptors (Lipinski definition) is 5. The molecule has 7 heteroatoms. The Balaban J connectivity index is 2.80. The summed E-state index contributed by atoms with van der Waals surface area (Å²) < 4.78 is 31.4. The molecule has 0 bridgehead atoms. The largest absolute Gasteiger partial charge is 0.391 e. The lowest BCUT2D eigenvalue weighted by molar-refractivity contribution is 0.173. The molecule has 0 saturated heterocycles. The SMILES string of the molecule is CCC(COC)NS(=O)(=O)c1csc(CO)c1. The van der Waals surface area contributed by atoms with E-state index < -0.39 is 10.0 Å². The Morgan fingerprint density at radius 3 is 2.76 bits per heavy atom. The van der Waals surface area contributed by atoms with Crippen LogP contribution in [0.15, 0.2) is 16.3 Å². The van der Waals surface area contributed by atoms with E-state index in [-0.39, 0.29) is 17.5 Å². The van der Waals surface area contributed by atoms with Gasteiger partial charge in [-0.3, -0.25) is 0 Å². The molecule has 17 heavy (non-hydrogen) atoms. The van der Waals surface area contributed by atoms with E-state index in [9.17, 15) is 8.42 Å². The van der Waals surface area contributed by atoms with Gasteiger partial charge in [-0.25, -0.2) is 13.1 Å². The second-order valence-electron chi connectivity index (χ2n) is 3.59. The lowest BCUT2D eigenvalue weighted by atomic mass is 10.3. The van der Waals surface area contributed by atoms with Crippen LogP contribution in [0, 0.1) is 0 Å². The van der Waals surface area contributed by atoms with Crippen molar-refractivity contribution < 1.29 is 18.3 Å². The number of methoxy groups -OCH3 is 1. The number of aliphatic hydroxyl groups excluding tert-OH is 1. The molecule has 0 fully saturated rings. The third kappa shape index (κ3) is 4.04. The first-order valence-electron chi connectivity index (χ1n) is 5.23. The zero-order chi connectivity index (χ0) is 12.9. The first-order chi connectivity index (χ1) is 8.03. The van der Waals surface area contributed by atoms with Crippen LogP contribution in [-0.2, 0) is 21.4 Å². The highest BCUT2D eigenvalue weighted by molar-refractivity contribution is 7.89. The van der Waals surface area contributed by atoms with E-state index in [2.05, 4.69) is 4.72 Å². The van der Waals surface area contributed by atoms with E-state index in [1.165, 1.54) is 29.9 Å². The summed E-state index contributed by atoms with van der Waals surface area (Å²) >= 11 is 1.22. The molecule has 98 valence electrons. The number of nitrogens with one attached hydrogen (secondary N) is 1. The van der Waals surface area contributed by atoms with E-state index in [4.69, 9.17) is 9.84 Å². The fourth-order valence-electron chi connectivity index (χ4n) is 1.31. The molecule has 2 N–H and O–H groups in total. The Morgan fingerprint density at radius 1 is 1.59 bits per heavy atom. The van der Waals surface area contributed by atoms with Gasteiger partial charge in [-0.1, -0.05) is 6.92 Å². The normalized spacial score (nSPS) is 13.8. The molecule has 0 amide bonds. The molecule has 1 heterocycles. The van der Waals surface area contributed by atoms with E-state index in [1.54, 1.807) is 0 Å². The third-order valence-corrected chi connectivity index (χ3v) is 4.85. The number of rotatable bonds is 7. The van der Waals surface area contributed by atoms with E-state index >= 15 is 0 Å². The fraction of sp³-hybridized carbons (Fsp3) is 0.600. The van der Waals surface area contributed by atoms with Crippen LogP contribution in [-0.4, -0.2) is 33.3 Å². The fourth-order valence-corrected chi connectivity index (χ4v) is 3.75. The predicted molar refractivity (Wildman–Crippen MR) is 66.5 cm³/mol. The molecule has 0 aliphatic heterocycles. The molecule has 0 aliphatic rings. The van der Waals surface area contributed by atoms with Crippen molar-refractivity contribution in [1.29, 1.82) is 0 Å². The van der Waals surface area contributed by atoms with Gasteiger partial charge in [-0.2, -0.15) is 0 Å². The third-order valence-electron chi connectivity index (χ3n) is 2.28. The molecule has 1 rings (SSSR count). The number of thiophene rings is 1. The zero-order valence-electron chi connectivity index (χ0n) is 9.84. The summed E-state index contributed by atoms with van der Waals surface area (Å²) in [5.41, 5.74) is 0. The molecule has 1 aromatic rings. The minimum atomic E-state index is -3.51. The first-order valence-corrected chi connectivity index (χ1v) is 7.59. The lowest BCUT2D eigenvalue weighted by Gasteiger charge is -2.15. The van der Waals surface area contributed by atoms with Crippen molar-refractivity contribution in [1.82, 2.24) is 4.72 Å². The van der Waals surface area contributed by atoms with Crippen molar-refractivity contribution in [2.45, 2.75) is 30.9 Å². The quantitative estimate of drug-likeness (QED) is 0.779. The van der Waals surface area contributed by atoms with Crippen LogP contribution in [0.3, 0.4) is 0 Å². The van der Waals surface area contributed by atoms with Crippen molar-refractivity contribution in [3.8, 4) is 0 Å². The summed E-state index contributed by atoms with van der Waals surface area (Å²) in [5, 5.41) is 10.4. The summed E-state index contributed by atoms with van der Waals surface area (Å²) in [7, 11) is -1.98. The van der Waals surface area contributed by atoms with Gasteiger partial charge in [0.15, 0.2) is 0 Å². The minimum Gasteiger partial charge on any atom is -0.391 e. The van der Waals surface area contributed by atoms with Crippen LogP contribution in [0.2, 0.25) is 0 Å². The first kappa shape index (κ1) is 14.6. The Hall–Kier alpha value is -0.470. The van der Waals surface area contributed by atoms with E-state index in [1.807, 2.05) is 6.92 Å². The summed E-state index contributed by atoms with van der Waals surface area (Å²) in [6.07, 6.45) is 0.657. The van der Waals surface area contributed by atoms with Crippen LogP contribution in [0.25, 0.3) is 0 Å². The van der Waals surface area contributed by atoms with Gasteiger partial charge in [0.1, 0.15) is 0 Å². The summed E-state index contributed by atoms with van der Waals surface area (Å²) in [5.74, 6) is 0. The smallest absolute Gasteiger partial charge is 0.241 e. The van der Waals surface area contributed by atoms with Gasteiger partial charge in [-0.15, -0.1) is 11.3 Å². The zero-order valence-corrected chi connectivity index (χ0v) is 11.5. The van der Waals surface area contributed by atoms with Crippen molar-refractivity contribution in [2.75, 3.05) is 13.7 Å². The standard InChI is InChI=1S/C10H17NO4S2/c1-3-8(6-15-2)11-17(13,14)10-4-9(5-12)16-7-10/h4,7-8,11-12H,3,5-6H2,1-2H3. The molecule has 0 aliphatic carbocycles. The Labute approximate surface area is 105 Å². The number of ether oxygens (including phenoxy) is 1. The van der Waals surface area contributed by atoms with Gasteiger partial charge in [0.25, 0.3) is 0 Å². The van der Waals surface area contributed by atoms with Gasteiger partial charge in [0, 0.05) is 23.4 Å². The lowest BCUT2D eigenvalue weighted by Crippen LogP contribution is -2.37. The van der Waals surface area contributed by atoms with Crippen molar-refractivity contribution in [2.24, 2.45) is 0 Å². The summed E-state index contributed by atoms with van der Waals surface area (Å²) in [6, 6.07) is 1.24. The molecular weight excluding hydrogens is 262 g/mol. The maximum atomic E-state index is 12.0. The van der Waals surface area contributed by atoms with Gasteiger partial charge in [0.05, 0.1) is 18.1 Å². The average molecular weight is 279 g/mol. The maximum absolute atomic E-state index is 12.0. The van der Waals surface area contributed by atoms with Crippen molar-refractivity contribution >= 4 is 21.4 Å². The van der Waals surface area contributed by atoms with Gasteiger partial charge in [0.2, 0.25) is 10.0 Å². The highest BCUT2D eigenvalue weighted by Gasteiger charge is 2.20. The second-order valence-corrected chi connectivity index (χ2v) is 6.30. The van der Waals surface area contributed by atoms with Gasteiger partial charge < -0.3 is 9.84 Å². The molecule has 1 atom stereocenters. The van der Waals surface area contributed by atoms with E-state index in [0.717, 1.165) is 0 Å². The number of sulfonamides is 1. The molecular formula is C10H17NO4S2.